The van der Waals surface area contributed by atoms with Crippen LogP contribution in [0.4, 0.5) is 23.2 Å². The molecule has 5 nitrogen and oxygen atoms in total. The molecular formula is C20H18F4N4OS. The Kier molecular flexibility index (Phi) is 6.76. The van der Waals surface area contributed by atoms with E-state index in [0.717, 1.165) is 23.9 Å². The Morgan fingerprint density at radius 2 is 1.77 bits per heavy atom. The minimum absolute atomic E-state index is 0.189. The molecule has 3 aromatic rings. The lowest BCUT2D eigenvalue weighted by Crippen LogP contribution is -2.16. The van der Waals surface area contributed by atoms with Gasteiger partial charge in [-0.05, 0) is 30.2 Å². The van der Waals surface area contributed by atoms with Crippen molar-refractivity contribution in [2.45, 2.75) is 25.5 Å². The molecule has 1 heterocycles. The van der Waals surface area contributed by atoms with Crippen molar-refractivity contribution in [2.24, 2.45) is 5.92 Å². The number of rotatable bonds is 7. The molecule has 1 aromatic heterocycles. The maximum Gasteiger partial charge on any atom is 0.234 e. The third-order valence-electron chi connectivity index (χ3n) is 4.02. The van der Waals surface area contributed by atoms with Crippen molar-refractivity contribution >= 4 is 23.4 Å². The van der Waals surface area contributed by atoms with E-state index in [2.05, 4.69) is 15.5 Å². The van der Waals surface area contributed by atoms with E-state index in [-0.39, 0.29) is 17.2 Å². The molecule has 0 aliphatic heterocycles. The monoisotopic (exact) mass is 438 g/mol. The molecule has 0 atom stereocenters. The molecule has 1 N–H and O–H groups in total. The van der Waals surface area contributed by atoms with Gasteiger partial charge in [0, 0.05) is 6.54 Å². The van der Waals surface area contributed by atoms with Crippen LogP contribution in [0.1, 0.15) is 13.8 Å². The summed E-state index contributed by atoms with van der Waals surface area (Å²) in [6.45, 7) is 4.43. The highest BCUT2D eigenvalue weighted by Gasteiger charge is 2.20. The summed E-state index contributed by atoms with van der Waals surface area (Å²) in [5, 5.41) is 10.7. The zero-order chi connectivity index (χ0) is 21.8. The number of carbonyl (C=O) groups excluding carboxylic acids is 1. The molecule has 0 saturated carbocycles. The first kappa shape index (κ1) is 21.8. The Bertz CT molecular complexity index is 1070. The topological polar surface area (TPSA) is 59.8 Å². The maximum atomic E-state index is 14.2. The molecule has 1 amide bonds. The molecular weight excluding hydrogens is 420 g/mol. The zero-order valence-corrected chi connectivity index (χ0v) is 16.9. The second-order valence-corrected chi connectivity index (χ2v) is 7.79. The fraction of sp³-hybridized carbons (Fsp3) is 0.250. The van der Waals surface area contributed by atoms with Crippen molar-refractivity contribution in [1.82, 2.24) is 14.8 Å². The van der Waals surface area contributed by atoms with Gasteiger partial charge in [-0.25, -0.2) is 17.6 Å². The first-order valence-corrected chi connectivity index (χ1v) is 10.0. The van der Waals surface area contributed by atoms with Crippen LogP contribution in [0.25, 0.3) is 11.4 Å². The van der Waals surface area contributed by atoms with Crippen LogP contribution in [0, 0.1) is 29.2 Å². The highest BCUT2D eigenvalue weighted by atomic mass is 32.2. The zero-order valence-electron chi connectivity index (χ0n) is 16.1. The summed E-state index contributed by atoms with van der Waals surface area (Å²) in [6, 6.07) is 7.82. The third-order valence-corrected chi connectivity index (χ3v) is 4.99. The molecule has 158 valence electrons. The first-order chi connectivity index (χ1) is 14.3. The first-order valence-electron chi connectivity index (χ1n) is 9.02. The fourth-order valence-electron chi connectivity index (χ4n) is 2.71. The van der Waals surface area contributed by atoms with Gasteiger partial charge >= 0.3 is 0 Å². The van der Waals surface area contributed by atoms with Gasteiger partial charge in [-0.3, -0.25) is 4.79 Å². The Hall–Kier alpha value is -2.88. The Morgan fingerprint density at radius 3 is 2.47 bits per heavy atom. The van der Waals surface area contributed by atoms with Gasteiger partial charge in [0.2, 0.25) is 5.91 Å². The predicted octanol–water partition coefficient (Wildman–Crippen LogP) is 4.89. The van der Waals surface area contributed by atoms with Crippen LogP contribution in [0.15, 0.2) is 41.6 Å². The summed E-state index contributed by atoms with van der Waals surface area (Å²) in [5.41, 5.74) is -0.180. The number of carbonyl (C=O) groups is 1. The number of hydrogen-bond donors (Lipinski definition) is 1. The van der Waals surface area contributed by atoms with Gasteiger partial charge in [0.1, 0.15) is 5.82 Å². The molecule has 0 bridgehead atoms. The Labute approximate surface area is 174 Å². The lowest BCUT2D eigenvalue weighted by Gasteiger charge is -2.13. The average Bonchev–Trinajstić information content (AvgIpc) is 3.09. The van der Waals surface area contributed by atoms with Crippen LogP contribution >= 0.6 is 11.8 Å². The number of aromatic nitrogens is 3. The summed E-state index contributed by atoms with van der Waals surface area (Å²) in [4.78, 5) is 12.2. The molecule has 2 aromatic carbocycles. The second kappa shape index (κ2) is 9.29. The number of benzene rings is 2. The van der Waals surface area contributed by atoms with Gasteiger partial charge in [-0.1, -0.05) is 37.7 Å². The minimum atomic E-state index is -1.66. The lowest BCUT2D eigenvalue weighted by molar-refractivity contribution is -0.113. The number of halogens is 4. The van der Waals surface area contributed by atoms with Crippen molar-refractivity contribution in [3.63, 3.8) is 0 Å². The van der Waals surface area contributed by atoms with E-state index in [1.165, 1.54) is 6.07 Å². The molecule has 0 fully saturated rings. The van der Waals surface area contributed by atoms with Crippen LogP contribution in [-0.4, -0.2) is 26.4 Å². The highest BCUT2D eigenvalue weighted by Crippen LogP contribution is 2.27. The van der Waals surface area contributed by atoms with Gasteiger partial charge < -0.3 is 9.88 Å². The van der Waals surface area contributed by atoms with E-state index in [9.17, 15) is 22.4 Å². The summed E-state index contributed by atoms with van der Waals surface area (Å²) < 4.78 is 56.0. The van der Waals surface area contributed by atoms with Gasteiger partial charge in [-0.15, -0.1) is 10.2 Å². The van der Waals surface area contributed by atoms with Crippen molar-refractivity contribution in [2.75, 3.05) is 11.1 Å². The van der Waals surface area contributed by atoms with Crippen LogP contribution < -0.4 is 5.32 Å². The van der Waals surface area contributed by atoms with Crippen molar-refractivity contribution < 1.29 is 22.4 Å². The van der Waals surface area contributed by atoms with E-state index < -0.39 is 34.9 Å². The predicted molar refractivity (Wildman–Crippen MR) is 106 cm³/mol. The third kappa shape index (κ3) is 4.81. The van der Waals surface area contributed by atoms with E-state index >= 15 is 0 Å². The van der Waals surface area contributed by atoms with Crippen LogP contribution in [0.5, 0.6) is 0 Å². The number of amides is 1. The Balaban J connectivity index is 1.77. The van der Waals surface area contributed by atoms with Gasteiger partial charge in [0.25, 0.3) is 0 Å². The van der Waals surface area contributed by atoms with Crippen molar-refractivity contribution in [1.29, 1.82) is 0 Å². The molecule has 30 heavy (non-hydrogen) atoms. The molecule has 0 unspecified atom stereocenters. The number of thioether (sulfide) groups is 1. The van der Waals surface area contributed by atoms with Gasteiger partial charge in [0.15, 0.2) is 28.4 Å². The normalized spacial score (nSPS) is 11.2. The molecule has 0 radical (unpaired) electrons. The summed E-state index contributed by atoms with van der Waals surface area (Å²) in [5.74, 6) is -5.24. The number of nitrogens with zero attached hydrogens (tertiary/aromatic N) is 3. The van der Waals surface area contributed by atoms with Crippen LogP contribution in [0.2, 0.25) is 0 Å². The van der Waals surface area contributed by atoms with E-state index in [1.54, 1.807) is 22.8 Å². The minimum Gasteiger partial charge on any atom is -0.323 e. The number of nitrogens with one attached hydrogen (secondary N) is 1. The molecule has 3 rings (SSSR count). The largest absolute Gasteiger partial charge is 0.323 e. The Morgan fingerprint density at radius 1 is 1.03 bits per heavy atom. The number of anilines is 1. The smallest absolute Gasteiger partial charge is 0.234 e. The van der Waals surface area contributed by atoms with E-state index in [4.69, 9.17) is 0 Å². The van der Waals surface area contributed by atoms with Gasteiger partial charge in [0.05, 0.1) is 17.0 Å². The van der Waals surface area contributed by atoms with Crippen molar-refractivity contribution in [3.05, 3.63) is 59.7 Å². The van der Waals surface area contributed by atoms with Crippen LogP contribution in [-0.2, 0) is 11.3 Å². The fourth-order valence-corrected chi connectivity index (χ4v) is 3.45. The van der Waals surface area contributed by atoms with Gasteiger partial charge in [-0.2, -0.15) is 0 Å². The van der Waals surface area contributed by atoms with Crippen LogP contribution in [0.3, 0.4) is 0 Å². The molecule has 0 saturated heterocycles. The molecule has 0 spiro atoms. The SMILES string of the molecule is CC(C)Cn1c(SCC(=O)Nc2ccc(F)c(F)c2F)nnc1-c1ccccc1F. The summed E-state index contributed by atoms with van der Waals surface area (Å²) >= 11 is 1.02. The number of hydrogen-bond acceptors (Lipinski definition) is 4. The second-order valence-electron chi connectivity index (χ2n) is 6.85. The molecule has 10 heteroatoms. The molecule has 0 aliphatic carbocycles. The maximum absolute atomic E-state index is 14.2. The van der Waals surface area contributed by atoms with E-state index in [1.807, 2.05) is 13.8 Å². The van der Waals surface area contributed by atoms with Crippen molar-refractivity contribution in [3.8, 4) is 11.4 Å². The average molecular weight is 438 g/mol. The van der Waals surface area contributed by atoms with E-state index in [0.29, 0.717) is 17.5 Å². The summed E-state index contributed by atoms with van der Waals surface area (Å²) in [6.07, 6.45) is 0. The quantitative estimate of drug-likeness (QED) is 0.324. The summed E-state index contributed by atoms with van der Waals surface area (Å²) in [7, 11) is 0. The lowest BCUT2D eigenvalue weighted by atomic mass is 10.2. The molecule has 0 aliphatic rings. The standard InChI is InChI=1S/C20H18F4N4OS/c1-11(2)9-28-19(12-5-3-4-6-13(12)21)26-27-20(28)30-10-16(29)25-15-8-7-14(22)17(23)18(15)24/h3-8,11H,9-10H2,1-2H3,(H,25,29). The highest BCUT2D eigenvalue weighted by molar-refractivity contribution is 7.99.